The van der Waals surface area contributed by atoms with Crippen LogP contribution in [0.1, 0.15) is 39.6 Å². The van der Waals surface area contributed by atoms with Crippen molar-refractivity contribution < 1.29 is 14.3 Å². The second-order valence-corrected chi connectivity index (χ2v) is 9.36. The minimum Gasteiger partial charge on any atom is -0.438 e. The third kappa shape index (κ3) is 4.27. The number of ether oxygens (including phenoxy) is 1. The maximum absolute atomic E-state index is 14.4. The first-order valence-electron chi connectivity index (χ1n) is 12.1. The standard InChI is InChI=1S/C29H24Cl2N4O3/c1-2-3-6-20(7-4-14-30)29-25-19-32-16-13-23(25)27(36)34(29)17-18-35(29)28(37)24-8-5-15-33-26(24)38-22-11-9-21(31)10-12-22/h3-16,19H,2,17-18H2,1H3/b6-3-,14-4+,20-7+. The Morgan fingerprint density at radius 1 is 1.16 bits per heavy atom. The number of rotatable bonds is 7. The Hall–Kier alpha value is -3.94. The van der Waals surface area contributed by atoms with E-state index < -0.39 is 5.66 Å². The molecule has 38 heavy (non-hydrogen) atoms. The van der Waals surface area contributed by atoms with Crippen LogP contribution in [-0.2, 0) is 5.66 Å². The Labute approximate surface area is 230 Å². The van der Waals surface area contributed by atoms with E-state index in [4.69, 9.17) is 27.9 Å². The van der Waals surface area contributed by atoms with E-state index in [1.807, 2.05) is 25.2 Å². The monoisotopic (exact) mass is 546 g/mol. The zero-order valence-corrected chi connectivity index (χ0v) is 22.1. The average Bonchev–Trinajstić information content (AvgIpc) is 3.45. The molecule has 5 rings (SSSR count). The van der Waals surface area contributed by atoms with Crippen molar-refractivity contribution in [2.75, 3.05) is 13.1 Å². The first-order valence-corrected chi connectivity index (χ1v) is 12.9. The number of hydrogen-bond donors (Lipinski definition) is 0. The Morgan fingerprint density at radius 3 is 2.74 bits per heavy atom. The van der Waals surface area contributed by atoms with Crippen LogP contribution < -0.4 is 4.74 Å². The normalized spacial score (nSPS) is 18.9. The van der Waals surface area contributed by atoms with Crippen LogP contribution in [-0.4, -0.2) is 44.7 Å². The predicted octanol–water partition coefficient (Wildman–Crippen LogP) is 6.33. The van der Waals surface area contributed by atoms with Crippen molar-refractivity contribution in [2.24, 2.45) is 0 Å². The maximum atomic E-state index is 14.4. The molecule has 0 aliphatic carbocycles. The SMILES string of the molecule is CC\C=C/C(=C\C=C\Cl)C12c3cnccc3C(=O)N1CCN2C(=O)c1cccnc1Oc1ccc(Cl)cc1. The molecule has 1 unspecified atom stereocenters. The maximum Gasteiger partial charge on any atom is 0.261 e. The van der Waals surface area contributed by atoms with Gasteiger partial charge in [-0.3, -0.25) is 14.6 Å². The molecule has 192 valence electrons. The van der Waals surface area contributed by atoms with Gasteiger partial charge in [-0.05, 0) is 48.9 Å². The molecule has 2 aromatic heterocycles. The number of fused-ring (bicyclic) bond motifs is 3. The highest BCUT2D eigenvalue weighted by atomic mass is 35.5. The molecule has 2 aliphatic heterocycles. The number of allylic oxidation sites excluding steroid dienone is 3. The number of halogens is 2. The quantitative estimate of drug-likeness (QED) is 0.323. The molecular formula is C29H24Cl2N4O3. The number of nitrogens with zero attached hydrogens (tertiary/aromatic N) is 4. The smallest absolute Gasteiger partial charge is 0.261 e. The minimum atomic E-state index is -1.22. The summed E-state index contributed by atoms with van der Waals surface area (Å²) in [6.45, 7) is 2.66. The molecule has 0 N–H and O–H groups in total. The van der Waals surface area contributed by atoms with Crippen LogP contribution in [0, 0.1) is 0 Å². The van der Waals surface area contributed by atoms with E-state index in [2.05, 4.69) is 9.97 Å². The molecule has 2 aliphatic rings. The Kier molecular flexibility index (Phi) is 7.31. The van der Waals surface area contributed by atoms with Crippen molar-refractivity contribution in [3.63, 3.8) is 0 Å². The van der Waals surface area contributed by atoms with Gasteiger partial charge in [0.15, 0.2) is 5.66 Å². The number of pyridine rings is 2. The molecule has 1 fully saturated rings. The van der Waals surface area contributed by atoms with Gasteiger partial charge in [0.25, 0.3) is 11.8 Å². The third-order valence-electron chi connectivity index (χ3n) is 6.56. The summed E-state index contributed by atoms with van der Waals surface area (Å²) in [7, 11) is 0. The molecule has 0 radical (unpaired) electrons. The summed E-state index contributed by atoms with van der Waals surface area (Å²) in [5.74, 6) is 0.149. The van der Waals surface area contributed by atoms with E-state index in [1.54, 1.807) is 76.9 Å². The molecule has 0 spiro atoms. The van der Waals surface area contributed by atoms with E-state index in [9.17, 15) is 9.59 Å². The number of aromatic nitrogens is 2. The first-order chi connectivity index (χ1) is 18.5. The number of hydrogen-bond acceptors (Lipinski definition) is 5. The predicted molar refractivity (Wildman–Crippen MR) is 146 cm³/mol. The van der Waals surface area contributed by atoms with E-state index >= 15 is 0 Å². The summed E-state index contributed by atoms with van der Waals surface area (Å²) >= 11 is 11.9. The zero-order valence-electron chi connectivity index (χ0n) is 20.6. The summed E-state index contributed by atoms with van der Waals surface area (Å²) in [5.41, 5.74) is 2.29. The van der Waals surface area contributed by atoms with E-state index in [1.165, 1.54) is 5.54 Å². The van der Waals surface area contributed by atoms with Crippen molar-refractivity contribution in [2.45, 2.75) is 19.0 Å². The highest BCUT2D eigenvalue weighted by Gasteiger charge is 2.60. The summed E-state index contributed by atoms with van der Waals surface area (Å²) in [6.07, 6.45) is 13.0. The molecule has 0 bridgehead atoms. The van der Waals surface area contributed by atoms with Crippen molar-refractivity contribution in [3.05, 3.63) is 118 Å². The largest absolute Gasteiger partial charge is 0.438 e. The summed E-state index contributed by atoms with van der Waals surface area (Å²) in [6, 6.07) is 11.9. The molecule has 7 nitrogen and oxygen atoms in total. The Bertz CT molecular complexity index is 1470. The average molecular weight is 547 g/mol. The molecule has 9 heteroatoms. The van der Waals surface area contributed by atoms with Gasteiger partial charge in [-0.1, -0.05) is 54.4 Å². The number of amides is 2. The third-order valence-corrected chi connectivity index (χ3v) is 6.96. The summed E-state index contributed by atoms with van der Waals surface area (Å²) < 4.78 is 6.00. The van der Waals surface area contributed by atoms with Crippen LogP contribution in [0.4, 0.5) is 0 Å². The van der Waals surface area contributed by atoms with Crippen LogP contribution in [0.5, 0.6) is 11.6 Å². The van der Waals surface area contributed by atoms with Crippen LogP contribution in [0.2, 0.25) is 5.02 Å². The fraction of sp³-hybridized carbons (Fsp3) is 0.172. The van der Waals surface area contributed by atoms with Gasteiger partial charge in [0.1, 0.15) is 11.3 Å². The number of carbonyl (C=O) groups is 2. The highest BCUT2D eigenvalue weighted by molar-refractivity contribution is 6.30. The van der Waals surface area contributed by atoms with Crippen molar-refractivity contribution in [1.29, 1.82) is 0 Å². The molecule has 1 atom stereocenters. The molecule has 2 amide bonds. The van der Waals surface area contributed by atoms with Crippen molar-refractivity contribution >= 4 is 35.0 Å². The summed E-state index contributed by atoms with van der Waals surface area (Å²) in [5, 5.41) is 0.567. The molecular weight excluding hydrogens is 523 g/mol. The van der Waals surface area contributed by atoms with Gasteiger partial charge in [-0.2, -0.15) is 0 Å². The van der Waals surface area contributed by atoms with Crippen molar-refractivity contribution in [3.8, 4) is 11.6 Å². The lowest BCUT2D eigenvalue weighted by Gasteiger charge is -2.41. The fourth-order valence-corrected chi connectivity index (χ4v) is 5.19. The zero-order chi connectivity index (χ0) is 26.7. The highest BCUT2D eigenvalue weighted by Crippen LogP contribution is 2.51. The van der Waals surface area contributed by atoms with Gasteiger partial charge in [-0.25, -0.2) is 4.98 Å². The molecule has 1 saturated heterocycles. The topological polar surface area (TPSA) is 75.6 Å². The van der Waals surface area contributed by atoms with Crippen LogP contribution in [0.3, 0.4) is 0 Å². The molecule has 1 aromatic carbocycles. The summed E-state index contributed by atoms with van der Waals surface area (Å²) in [4.78, 5) is 40.0. The van der Waals surface area contributed by atoms with Crippen LogP contribution in [0.15, 0.2) is 96.5 Å². The lowest BCUT2D eigenvalue weighted by atomic mass is 9.89. The van der Waals surface area contributed by atoms with Gasteiger partial charge < -0.3 is 14.5 Å². The minimum absolute atomic E-state index is 0.152. The van der Waals surface area contributed by atoms with Crippen LogP contribution in [0.25, 0.3) is 0 Å². The van der Waals surface area contributed by atoms with E-state index in [-0.39, 0.29) is 23.3 Å². The molecule has 0 saturated carbocycles. The van der Waals surface area contributed by atoms with Gasteiger partial charge in [0.2, 0.25) is 5.88 Å². The number of benzene rings is 1. The number of carbonyl (C=O) groups excluding carboxylic acids is 2. The Balaban J connectivity index is 1.66. The van der Waals surface area contributed by atoms with Crippen molar-refractivity contribution in [1.82, 2.24) is 19.8 Å². The fourth-order valence-electron chi connectivity index (χ4n) is 5.00. The molecule has 3 aromatic rings. The van der Waals surface area contributed by atoms with E-state index in [0.717, 1.165) is 6.42 Å². The lowest BCUT2D eigenvalue weighted by molar-refractivity contribution is 0.0370. The second-order valence-electron chi connectivity index (χ2n) is 8.67. The second kappa shape index (κ2) is 10.8. The first kappa shape index (κ1) is 25.7. The van der Waals surface area contributed by atoms with Gasteiger partial charge in [-0.15, -0.1) is 0 Å². The van der Waals surface area contributed by atoms with Gasteiger partial charge >= 0.3 is 0 Å². The van der Waals surface area contributed by atoms with E-state index in [0.29, 0.717) is 40.6 Å². The van der Waals surface area contributed by atoms with Gasteiger partial charge in [0, 0.05) is 53.4 Å². The van der Waals surface area contributed by atoms with Gasteiger partial charge in [0.05, 0.1) is 5.56 Å². The Morgan fingerprint density at radius 2 is 1.97 bits per heavy atom. The lowest BCUT2D eigenvalue weighted by Crippen LogP contribution is -2.52. The van der Waals surface area contributed by atoms with Crippen LogP contribution >= 0.6 is 23.2 Å². The molecule has 4 heterocycles.